The van der Waals surface area contributed by atoms with Crippen LogP contribution in [0.2, 0.25) is 0 Å². The van der Waals surface area contributed by atoms with Crippen LogP contribution < -0.4 is 5.32 Å². The molecule has 1 aromatic carbocycles. The van der Waals surface area contributed by atoms with Gasteiger partial charge in [-0.25, -0.2) is 4.79 Å². The zero-order valence-electron chi connectivity index (χ0n) is 12.2. The molecule has 0 aliphatic carbocycles. The SMILES string of the molecule is CNC(=O)CN(C)C(=O)c1ccc(/C=C/C(=O)O)c(C)c1. The summed E-state index contributed by atoms with van der Waals surface area (Å²) in [7, 11) is 3.06. The maximum atomic E-state index is 12.2. The van der Waals surface area contributed by atoms with Gasteiger partial charge in [-0.3, -0.25) is 9.59 Å². The van der Waals surface area contributed by atoms with E-state index < -0.39 is 5.97 Å². The van der Waals surface area contributed by atoms with E-state index in [1.807, 2.05) is 0 Å². The van der Waals surface area contributed by atoms with Crippen LogP contribution in [0.15, 0.2) is 24.3 Å². The van der Waals surface area contributed by atoms with Crippen LogP contribution in [0.3, 0.4) is 0 Å². The lowest BCUT2D eigenvalue weighted by molar-refractivity contribution is -0.131. The molecule has 21 heavy (non-hydrogen) atoms. The average Bonchev–Trinajstić information content (AvgIpc) is 2.44. The Morgan fingerprint density at radius 3 is 2.52 bits per heavy atom. The van der Waals surface area contributed by atoms with Gasteiger partial charge in [0.05, 0.1) is 6.54 Å². The van der Waals surface area contributed by atoms with Gasteiger partial charge in [0, 0.05) is 25.7 Å². The van der Waals surface area contributed by atoms with E-state index >= 15 is 0 Å². The van der Waals surface area contributed by atoms with Crippen LogP contribution in [0, 0.1) is 6.92 Å². The third kappa shape index (κ3) is 4.76. The highest BCUT2D eigenvalue weighted by Gasteiger charge is 2.14. The Morgan fingerprint density at radius 1 is 1.33 bits per heavy atom. The number of carboxylic acids is 1. The molecule has 1 aromatic rings. The number of amides is 2. The van der Waals surface area contributed by atoms with Gasteiger partial charge in [0.15, 0.2) is 0 Å². The molecule has 0 saturated heterocycles. The molecule has 6 heteroatoms. The summed E-state index contributed by atoms with van der Waals surface area (Å²) in [5.41, 5.74) is 1.96. The Bertz CT molecular complexity index is 593. The summed E-state index contributed by atoms with van der Waals surface area (Å²) in [6, 6.07) is 4.96. The van der Waals surface area contributed by atoms with Crippen molar-refractivity contribution in [2.24, 2.45) is 0 Å². The first-order chi connectivity index (χ1) is 9.85. The normalized spacial score (nSPS) is 10.4. The molecule has 0 aliphatic heterocycles. The van der Waals surface area contributed by atoms with Gasteiger partial charge in [-0.15, -0.1) is 0 Å². The first-order valence-corrected chi connectivity index (χ1v) is 6.33. The first-order valence-electron chi connectivity index (χ1n) is 6.33. The number of aryl methyl sites for hydroxylation is 1. The number of likely N-dealkylation sites (N-methyl/N-ethyl adjacent to an activating group) is 2. The van der Waals surface area contributed by atoms with Gasteiger partial charge in [-0.1, -0.05) is 6.07 Å². The summed E-state index contributed by atoms with van der Waals surface area (Å²) in [5.74, 6) is -1.54. The van der Waals surface area contributed by atoms with Crippen molar-refractivity contribution in [3.63, 3.8) is 0 Å². The molecular weight excluding hydrogens is 272 g/mol. The lowest BCUT2D eigenvalue weighted by atomic mass is 10.0. The lowest BCUT2D eigenvalue weighted by Crippen LogP contribution is -2.36. The fourth-order valence-corrected chi connectivity index (χ4v) is 1.74. The van der Waals surface area contributed by atoms with Crippen molar-refractivity contribution in [2.45, 2.75) is 6.92 Å². The molecule has 2 N–H and O–H groups in total. The zero-order valence-corrected chi connectivity index (χ0v) is 12.2. The summed E-state index contributed by atoms with van der Waals surface area (Å²) < 4.78 is 0. The molecule has 0 saturated carbocycles. The van der Waals surface area contributed by atoms with Gasteiger partial charge >= 0.3 is 5.97 Å². The van der Waals surface area contributed by atoms with Crippen molar-refractivity contribution in [3.05, 3.63) is 41.0 Å². The number of hydrogen-bond acceptors (Lipinski definition) is 3. The average molecular weight is 290 g/mol. The van der Waals surface area contributed by atoms with E-state index in [4.69, 9.17) is 5.11 Å². The Kier molecular flexibility index (Phi) is 5.66. The molecule has 0 unspecified atom stereocenters. The Hall–Kier alpha value is -2.63. The highest BCUT2D eigenvalue weighted by molar-refractivity contribution is 5.96. The number of nitrogens with zero attached hydrogens (tertiary/aromatic N) is 1. The molecule has 0 bridgehead atoms. The number of carboxylic acid groups (broad SMARTS) is 1. The predicted octanol–water partition coefficient (Wildman–Crippen LogP) is 0.911. The molecule has 6 nitrogen and oxygen atoms in total. The molecule has 2 amide bonds. The molecule has 0 radical (unpaired) electrons. The van der Waals surface area contributed by atoms with Crippen LogP contribution in [0.4, 0.5) is 0 Å². The summed E-state index contributed by atoms with van der Waals surface area (Å²) in [5, 5.41) is 11.1. The van der Waals surface area contributed by atoms with Crippen LogP contribution in [0.1, 0.15) is 21.5 Å². The second-order valence-electron chi connectivity index (χ2n) is 4.58. The Balaban J connectivity index is 2.90. The minimum Gasteiger partial charge on any atom is -0.478 e. The smallest absolute Gasteiger partial charge is 0.328 e. The standard InChI is InChI=1S/C15H18N2O4/c1-10-8-12(5-4-11(10)6-7-14(19)20)15(21)17(3)9-13(18)16-2/h4-8H,9H2,1-3H3,(H,16,18)(H,19,20)/b7-6+. The number of carbonyl (C=O) groups is 3. The quantitative estimate of drug-likeness (QED) is 0.789. The van der Waals surface area contributed by atoms with E-state index in [9.17, 15) is 14.4 Å². The molecule has 0 spiro atoms. The van der Waals surface area contributed by atoms with Crippen molar-refractivity contribution in [1.82, 2.24) is 10.2 Å². The number of benzene rings is 1. The van der Waals surface area contributed by atoms with E-state index in [2.05, 4.69) is 5.32 Å². The molecule has 1 rings (SSSR count). The maximum Gasteiger partial charge on any atom is 0.328 e. The summed E-state index contributed by atoms with van der Waals surface area (Å²) >= 11 is 0. The highest BCUT2D eigenvalue weighted by atomic mass is 16.4. The van der Waals surface area contributed by atoms with E-state index in [1.54, 1.807) is 32.2 Å². The fourth-order valence-electron chi connectivity index (χ4n) is 1.74. The third-order valence-corrected chi connectivity index (χ3v) is 2.93. The van der Waals surface area contributed by atoms with Crippen molar-refractivity contribution >= 4 is 23.9 Å². The minimum atomic E-state index is -1.03. The Labute approximate surface area is 123 Å². The van der Waals surface area contributed by atoms with Crippen LogP contribution >= 0.6 is 0 Å². The van der Waals surface area contributed by atoms with Crippen LogP contribution in [-0.4, -0.2) is 48.4 Å². The van der Waals surface area contributed by atoms with E-state index in [0.29, 0.717) is 5.56 Å². The van der Waals surface area contributed by atoms with Crippen molar-refractivity contribution < 1.29 is 19.5 Å². The summed E-state index contributed by atoms with van der Waals surface area (Å²) in [6.45, 7) is 1.77. The summed E-state index contributed by atoms with van der Waals surface area (Å²) in [4.78, 5) is 35.2. The van der Waals surface area contributed by atoms with E-state index in [-0.39, 0.29) is 18.4 Å². The molecule has 0 fully saturated rings. The highest BCUT2D eigenvalue weighted by Crippen LogP contribution is 2.14. The zero-order chi connectivity index (χ0) is 16.0. The second-order valence-corrected chi connectivity index (χ2v) is 4.58. The van der Waals surface area contributed by atoms with Crippen LogP contribution in [-0.2, 0) is 9.59 Å². The number of carbonyl (C=O) groups excluding carboxylic acids is 2. The number of rotatable bonds is 5. The van der Waals surface area contributed by atoms with Gasteiger partial charge in [0.25, 0.3) is 5.91 Å². The minimum absolute atomic E-state index is 0.0188. The second kappa shape index (κ2) is 7.23. The molecule has 0 heterocycles. The van der Waals surface area contributed by atoms with Crippen molar-refractivity contribution in [2.75, 3.05) is 20.6 Å². The monoisotopic (exact) mass is 290 g/mol. The Morgan fingerprint density at radius 2 is 2.00 bits per heavy atom. The van der Waals surface area contributed by atoms with E-state index in [1.165, 1.54) is 18.0 Å². The van der Waals surface area contributed by atoms with Crippen LogP contribution in [0.25, 0.3) is 6.08 Å². The largest absolute Gasteiger partial charge is 0.478 e. The van der Waals surface area contributed by atoms with Crippen molar-refractivity contribution in [3.8, 4) is 0 Å². The first kappa shape index (κ1) is 16.4. The predicted molar refractivity (Wildman–Crippen MR) is 78.9 cm³/mol. The summed E-state index contributed by atoms with van der Waals surface area (Å²) in [6.07, 6.45) is 2.52. The van der Waals surface area contributed by atoms with Gasteiger partial charge in [0.2, 0.25) is 5.91 Å². The number of hydrogen-bond donors (Lipinski definition) is 2. The van der Waals surface area contributed by atoms with Gasteiger partial charge in [-0.2, -0.15) is 0 Å². The van der Waals surface area contributed by atoms with Crippen LogP contribution in [0.5, 0.6) is 0 Å². The lowest BCUT2D eigenvalue weighted by Gasteiger charge is -2.16. The topological polar surface area (TPSA) is 86.7 Å². The van der Waals surface area contributed by atoms with Gasteiger partial charge in [-0.05, 0) is 36.3 Å². The molecule has 0 aliphatic rings. The number of nitrogens with one attached hydrogen (secondary N) is 1. The fraction of sp³-hybridized carbons (Fsp3) is 0.267. The molecular formula is C15H18N2O4. The molecule has 112 valence electrons. The van der Waals surface area contributed by atoms with Gasteiger partial charge in [0.1, 0.15) is 0 Å². The third-order valence-electron chi connectivity index (χ3n) is 2.93. The molecule has 0 aromatic heterocycles. The van der Waals surface area contributed by atoms with Crippen molar-refractivity contribution in [1.29, 1.82) is 0 Å². The van der Waals surface area contributed by atoms with E-state index in [0.717, 1.165) is 17.2 Å². The maximum absolute atomic E-state index is 12.2. The molecule has 0 atom stereocenters. The van der Waals surface area contributed by atoms with Gasteiger partial charge < -0.3 is 15.3 Å². The number of aliphatic carboxylic acids is 1.